The van der Waals surface area contributed by atoms with Crippen LogP contribution in [0, 0.1) is 0 Å². The molecule has 0 bridgehead atoms. The minimum Gasteiger partial charge on any atom is -0.462 e. The molecule has 1 atom stereocenters. The Morgan fingerprint density at radius 1 is 0.548 bits per heavy atom. The second-order valence-corrected chi connectivity index (χ2v) is 11.6. The number of carbonyl (C=O) groups excluding carboxylic acids is 2. The van der Waals surface area contributed by atoms with Gasteiger partial charge in [0, 0.05) is 12.8 Å². The molecular weight excluding hydrogens is 524 g/mol. The van der Waals surface area contributed by atoms with Gasteiger partial charge in [-0.1, -0.05) is 140 Å². The lowest BCUT2D eigenvalue weighted by Gasteiger charge is -2.15. The average Bonchev–Trinajstić information content (AvgIpc) is 2.99. The standard InChI is InChI=1S/C37H66O5/c1-3-5-7-9-11-13-15-17-18-20-21-23-25-27-29-31-36(39)41-34-35(33-38)42-37(40)32-30-28-26-24-22-19-16-14-12-10-8-6-4-2/h11,13,17-18,21,23,35,38H,3-10,12,14-16,19-20,22,24-34H2,1-2H3/b13-11-,18-17-,23-21-/t35-/m0/s1. The molecule has 0 aromatic heterocycles. The van der Waals surface area contributed by atoms with Crippen molar-refractivity contribution in [1.29, 1.82) is 0 Å². The lowest BCUT2D eigenvalue weighted by molar-refractivity contribution is -0.161. The minimum atomic E-state index is -0.782. The molecule has 42 heavy (non-hydrogen) atoms. The smallest absolute Gasteiger partial charge is 0.306 e. The van der Waals surface area contributed by atoms with Crippen LogP contribution in [-0.4, -0.2) is 36.4 Å². The fraction of sp³-hybridized carbons (Fsp3) is 0.784. The summed E-state index contributed by atoms with van der Waals surface area (Å²) in [4.78, 5) is 24.1. The Kier molecular flexibility index (Phi) is 32.1. The van der Waals surface area contributed by atoms with Crippen LogP contribution in [0.4, 0.5) is 0 Å². The van der Waals surface area contributed by atoms with Gasteiger partial charge in [0.1, 0.15) is 6.61 Å². The van der Waals surface area contributed by atoms with E-state index in [1.807, 2.05) is 0 Å². The zero-order valence-corrected chi connectivity index (χ0v) is 27.5. The Labute approximate surface area is 259 Å². The van der Waals surface area contributed by atoms with Gasteiger partial charge in [-0.25, -0.2) is 0 Å². The van der Waals surface area contributed by atoms with E-state index in [9.17, 15) is 14.7 Å². The van der Waals surface area contributed by atoms with Crippen LogP contribution in [0.15, 0.2) is 36.5 Å². The molecule has 0 aliphatic heterocycles. The molecule has 0 rings (SSSR count). The van der Waals surface area contributed by atoms with Crippen LogP contribution >= 0.6 is 0 Å². The van der Waals surface area contributed by atoms with Gasteiger partial charge in [-0.05, 0) is 51.4 Å². The second-order valence-electron chi connectivity index (χ2n) is 11.6. The highest BCUT2D eigenvalue weighted by atomic mass is 16.6. The fourth-order valence-electron chi connectivity index (χ4n) is 4.74. The summed E-state index contributed by atoms with van der Waals surface area (Å²) >= 11 is 0. The van der Waals surface area contributed by atoms with Gasteiger partial charge in [-0.15, -0.1) is 0 Å². The van der Waals surface area contributed by atoms with Gasteiger partial charge >= 0.3 is 11.9 Å². The first-order valence-corrected chi connectivity index (χ1v) is 17.5. The molecule has 0 aliphatic carbocycles. The van der Waals surface area contributed by atoms with Crippen LogP contribution in [0.1, 0.15) is 168 Å². The molecule has 0 fully saturated rings. The first kappa shape index (κ1) is 40.1. The van der Waals surface area contributed by atoms with Crippen LogP contribution in [0.2, 0.25) is 0 Å². The van der Waals surface area contributed by atoms with Gasteiger partial charge in [0.15, 0.2) is 6.10 Å². The first-order chi connectivity index (χ1) is 20.6. The maximum absolute atomic E-state index is 12.1. The molecule has 0 saturated heterocycles. The predicted octanol–water partition coefficient (Wildman–Crippen LogP) is 10.5. The lowest BCUT2D eigenvalue weighted by atomic mass is 10.0. The molecule has 0 aliphatic rings. The molecule has 0 amide bonds. The number of ether oxygens (including phenoxy) is 2. The number of aliphatic hydroxyl groups excluding tert-OH is 1. The van der Waals surface area contributed by atoms with E-state index >= 15 is 0 Å². The average molecular weight is 591 g/mol. The van der Waals surface area contributed by atoms with E-state index in [0.717, 1.165) is 51.4 Å². The number of aliphatic hydroxyl groups is 1. The monoisotopic (exact) mass is 590 g/mol. The third-order valence-electron chi connectivity index (χ3n) is 7.44. The summed E-state index contributed by atoms with van der Waals surface area (Å²) in [7, 11) is 0. The Morgan fingerprint density at radius 2 is 0.952 bits per heavy atom. The topological polar surface area (TPSA) is 72.8 Å². The van der Waals surface area contributed by atoms with E-state index < -0.39 is 6.10 Å². The third-order valence-corrected chi connectivity index (χ3v) is 7.44. The number of hydrogen-bond acceptors (Lipinski definition) is 5. The number of rotatable bonds is 31. The maximum atomic E-state index is 12.1. The van der Waals surface area contributed by atoms with Gasteiger partial charge in [0.2, 0.25) is 0 Å². The number of carbonyl (C=O) groups is 2. The predicted molar refractivity (Wildman–Crippen MR) is 178 cm³/mol. The van der Waals surface area contributed by atoms with E-state index in [4.69, 9.17) is 9.47 Å². The summed E-state index contributed by atoms with van der Waals surface area (Å²) in [6.45, 7) is 4.06. The van der Waals surface area contributed by atoms with Gasteiger partial charge in [0.25, 0.3) is 0 Å². The minimum absolute atomic E-state index is 0.0835. The zero-order valence-electron chi connectivity index (χ0n) is 27.5. The molecule has 0 aromatic rings. The van der Waals surface area contributed by atoms with Crippen LogP contribution in [0.5, 0.6) is 0 Å². The highest BCUT2D eigenvalue weighted by Gasteiger charge is 2.16. The number of allylic oxidation sites excluding steroid dienone is 6. The summed E-state index contributed by atoms with van der Waals surface area (Å²) in [6, 6.07) is 0. The lowest BCUT2D eigenvalue weighted by Crippen LogP contribution is -2.28. The number of esters is 2. The number of hydrogen-bond donors (Lipinski definition) is 1. The third kappa shape index (κ3) is 31.1. The second kappa shape index (κ2) is 33.6. The number of unbranched alkanes of at least 4 members (excludes halogenated alkanes) is 17. The molecule has 244 valence electrons. The van der Waals surface area contributed by atoms with Crippen LogP contribution in [-0.2, 0) is 19.1 Å². The first-order valence-electron chi connectivity index (χ1n) is 17.5. The van der Waals surface area contributed by atoms with Crippen molar-refractivity contribution in [3.05, 3.63) is 36.5 Å². The summed E-state index contributed by atoms with van der Waals surface area (Å²) in [5, 5.41) is 9.50. The molecule has 1 N–H and O–H groups in total. The summed E-state index contributed by atoms with van der Waals surface area (Å²) in [5.41, 5.74) is 0. The largest absolute Gasteiger partial charge is 0.462 e. The van der Waals surface area contributed by atoms with Gasteiger partial charge in [-0.3, -0.25) is 9.59 Å². The Bertz CT molecular complexity index is 682. The normalized spacial score (nSPS) is 12.5. The molecule has 5 nitrogen and oxygen atoms in total. The molecule has 0 unspecified atom stereocenters. The summed E-state index contributed by atoms with van der Waals surface area (Å²) < 4.78 is 10.5. The van der Waals surface area contributed by atoms with E-state index in [-0.39, 0.29) is 25.2 Å². The van der Waals surface area contributed by atoms with Crippen molar-refractivity contribution >= 4 is 11.9 Å². The molecule has 5 heteroatoms. The van der Waals surface area contributed by atoms with Crippen LogP contribution in [0.3, 0.4) is 0 Å². The molecule has 0 heterocycles. The van der Waals surface area contributed by atoms with Gasteiger partial charge < -0.3 is 14.6 Å². The Hall–Kier alpha value is -1.88. The Balaban J connectivity index is 3.65. The van der Waals surface area contributed by atoms with Crippen LogP contribution < -0.4 is 0 Å². The SMILES string of the molecule is CCCCC/C=C\C/C=C\C/C=C\CCCCC(=O)OC[C@H](CO)OC(=O)CCCCCCCCCCCCCCC. The van der Waals surface area contributed by atoms with Crippen molar-refractivity contribution in [2.45, 2.75) is 174 Å². The van der Waals surface area contributed by atoms with Crippen LogP contribution in [0.25, 0.3) is 0 Å². The van der Waals surface area contributed by atoms with E-state index in [2.05, 4.69) is 50.3 Å². The summed E-state index contributed by atoms with van der Waals surface area (Å²) in [6.07, 6.45) is 39.1. The quantitative estimate of drug-likeness (QED) is 0.0494. The van der Waals surface area contributed by atoms with Crippen molar-refractivity contribution in [3.63, 3.8) is 0 Å². The molecular formula is C37H66O5. The highest BCUT2D eigenvalue weighted by molar-refractivity contribution is 5.70. The van der Waals surface area contributed by atoms with E-state index in [1.165, 1.54) is 89.9 Å². The maximum Gasteiger partial charge on any atom is 0.306 e. The van der Waals surface area contributed by atoms with E-state index in [1.54, 1.807) is 0 Å². The van der Waals surface area contributed by atoms with Crippen molar-refractivity contribution < 1.29 is 24.2 Å². The Morgan fingerprint density at radius 3 is 1.48 bits per heavy atom. The zero-order chi connectivity index (χ0) is 30.8. The molecule has 0 radical (unpaired) electrons. The van der Waals surface area contributed by atoms with Crippen molar-refractivity contribution in [3.8, 4) is 0 Å². The van der Waals surface area contributed by atoms with Gasteiger partial charge in [-0.2, -0.15) is 0 Å². The highest BCUT2D eigenvalue weighted by Crippen LogP contribution is 2.13. The van der Waals surface area contributed by atoms with Crippen molar-refractivity contribution in [2.24, 2.45) is 0 Å². The summed E-state index contributed by atoms with van der Waals surface area (Å²) in [5.74, 6) is -0.635. The fourth-order valence-corrected chi connectivity index (χ4v) is 4.74. The molecule has 0 spiro atoms. The van der Waals surface area contributed by atoms with Gasteiger partial charge in [0.05, 0.1) is 6.61 Å². The van der Waals surface area contributed by atoms with E-state index in [0.29, 0.717) is 12.8 Å². The van der Waals surface area contributed by atoms with Crippen molar-refractivity contribution in [2.75, 3.05) is 13.2 Å². The molecule has 0 saturated carbocycles. The van der Waals surface area contributed by atoms with Crippen molar-refractivity contribution in [1.82, 2.24) is 0 Å². The molecule has 0 aromatic carbocycles.